The van der Waals surface area contributed by atoms with Crippen molar-refractivity contribution in [3.05, 3.63) is 0 Å². The molecule has 4 nitrogen and oxygen atoms in total. The van der Waals surface area contributed by atoms with Gasteiger partial charge in [0.1, 0.15) is 0 Å². The number of nitrogens with zero attached hydrogens (tertiary/aromatic N) is 1. The molecule has 2 aliphatic heterocycles. The van der Waals surface area contributed by atoms with Gasteiger partial charge in [-0.15, -0.1) is 0 Å². The molecule has 14 heavy (non-hydrogen) atoms. The molecule has 0 aromatic carbocycles. The van der Waals surface area contributed by atoms with Crippen LogP contribution < -0.4 is 5.73 Å². The first-order valence-corrected chi connectivity index (χ1v) is 5.45. The van der Waals surface area contributed by atoms with E-state index in [1.807, 2.05) is 4.90 Å². The van der Waals surface area contributed by atoms with Gasteiger partial charge in [-0.1, -0.05) is 0 Å². The van der Waals surface area contributed by atoms with Gasteiger partial charge in [-0.2, -0.15) is 0 Å². The number of nitrogens with one attached hydrogen (secondary N) is 1. The minimum atomic E-state index is 0.129. The maximum atomic E-state index is 7.35. The highest BCUT2D eigenvalue weighted by Crippen LogP contribution is 2.34. The Kier molecular flexibility index (Phi) is 2.63. The van der Waals surface area contributed by atoms with E-state index in [4.69, 9.17) is 15.9 Å². The topological polar surface area (TPSA) is 62.3 Å². The number of likely N-dealkylation sites (tertiary alicyclic amines) is 1. The summed E-state index contributed by atoms with van der Waals surface area (Å²) in [5, 5.41) is 7.35. The number of guanidine groups is 1. The SMILES string of the molecule is N=C(N)N1CCC2(CCCCO2)CC1. The minimum Gasteiger partial charge on any atom is -0.375 e. The van der Waals surface area contributed by atoms with E-state index < -0.39 is 0 Å². The van der Waals surface area contributed by atoms with E-state index in [0.29, 0.717) is 0 Å². The van der Waals surface area contributed by atoms with Gasteiger partial charge in [-0.3, -0.25) is 5.41 Å². The fourth-order valence-electron chi connectivity index (χ4n) is 2.46. The Morgan fingerprint density at radius 2 is 1.93 bits per heavy atom. The molecule has 1 spiro atoms. The number of piperidine rings is 1. The molecular weight excluding hydrogens is 178 g/mol. The van der Waals surface area contributed by atoms with Crippen molar-refractivity contribution >= 4 is 5.96 Å². The summed E-state index contributed by atoms with van der Waals surface area (Å²) in [6.45, 7) is 2.69. The first-order chi connectivity index (χ1) is 6.72. The summed E-state index contributed by atoms with van der Waals surface area (Å²) in [4.78, 5) is 1.93. The predicted molar refractivity (Wildman–Crippen MR) is 55.3 cm³/mol. The smallest absolute Gasteiger partial charge is 0.188 e. The van der Waals surface area contributed by atoms with Crippen LogP contribution in [0.25, 0.3) is 0 Å². The highest BCUT2D eigenvalue weighted by Gasteiger charge is 2.36. The van der Waals surface area contributed by atoms with Crippen molar-refractivity contribution in [2.24, 2.45) is 5.73 Å². The molecule has 2 aliphatic rings. The molecule has 0 aliphatic carbocycles. The number of hydrogen-bond donors (Lipinski definition) is 2. The summed E-state index contributed by atoms with van der Waals surface area (Å²) >= 11 is 0. The third-order valence-corrected chi connectivity index (χ3v) is 3.45. The Balaban J connectivity index is 1.90. The van der Waals surface area contributed by atoms with E-state index >= 15 is 0 Å². The van der Waals surface area contributed by atoms with Crippen LogP contribution >= 0.6 is 0 Å². The van der Waals surface area contributed by atoms with E-state index in [1.165, 1.54) is 19.3 Å². The number of rotatable bonds is 0. The van der Waals surface area contributed by atoms with Crippen LogP contribution in [0.5, 0.6) is 0 Å². The lowest BCUT2D eigenvalue weighted by Crippen LogP contribution is -2.50. The maximum Gasteiger partial charge on any atom is 0.188 e. The fraction of sp³-hybridized carbons (Fsp3) is 0.900. The fourth-order valence-corrected chi connectivity index (χ4v) is 2.46. The normalized spacial score (nSPS) is 26.4. The standard InChI is InChI=1S/C10H19N3O/c11-9(12)13-6-4-10(5-7-13)3-1-2-8-14-10/h1-8H2,(H3,11,12). The van der Waals surface area contributed by atoms with Crippen LogP contribution in [-0.2, 0) is 4.74 Å². The van der Waals surface area contributed by atoms with Crippen LogP contribution in [0.4, 0.5) is 0 Å². The Bertz CT molecular complexity index is 213. The Labute approximate surface area is 84.9 Å². The molecule has 3 N–H and O–H groups in total. The second-order valence-electron chi connectivity index (χ2n) is 4.36. The second kappa shape index (κ2) is 3.77. The van der Waals surface area contributed by atoms with Gasteiger partial charge in [-0.05, 0) is 32.1 Å². The van der Waals surface area contributed by atoms with Gasteiger partial charge in [0.05, 0.1) is 5.60 Å². The summed E-state index contributed by atoms with van der Waals surface area (Å²) in [5.41, 5.74) is 5.58. The van der Waals surface area contributed by atoms with Crippen molar-refractivity contribution in [3.63, 3.8) is 0 Å². The lowest BCUT2D eigenvalue weighted by Gasteiger charge is -2.44. The molecule has 2 rings (SSSR count). The zero-order valence-electron chi connectivity index (χ0n) is 8.59. The van der Waals surface area contributed by atoms with Crippen molar-refractivity contribution < 1.29 is 4.74 Å². The van der Waals surface area contributed by atoms with E-state index in [9.17, 15) is 0 Å². The van der Waals surface area contributed by atoms with Gasteiger partial charge in [0, 0.05) is 19.7 Å². The average Bonchev–Trinajstić information content (AvgIpc) is 2.19. The molecule has 0 radical (unpaired) electrons. The molecular formula is C10H19N3O. The molecule has 2 heterocycles. The van der Waals surface area contributed by atoms with Crippen LogP contribution in [0, 0.1) is 5.41 Å². The van der Waals surface area contributed by atoms with Gasteiger partial charge >= 0.3 is 0 Å². The molecule has 0 amide bonds. The van der Waals surface area contributed by atoms with Crippen molar-refractivity contribution in [2.45, 2.75) is 37.7 Å². The molecule has 80 valence electrons. The molecule has 0 unspecified atom stereocenters. The molecule has 0 aromatic rings. The highest BCUT2D eigenvalue weighted by atomic mass is 16.5. The second-order valence-corrected chi connectivity index (χ2v) is 4.36. The summed E-state index contributed by atoms with van der Waals surface area (Å²) in [7, 11) is 0. The average molecular weight is 197 g/mol. The van der Waals surface area contributed by atoms with Crippen molar-refractivity contribution in [3.8, 4) is 0 Å². The lowest BCUT2D eigenvalue weighted by atomic mass is 9.84. The van der Waals surface area contributed by atoms with Crippen molar-refractivity contribution in [1.82, 2.24) is 4.90 Å². The van der Waals surface area contributed by atoms with Crippen LogP contribution in [0.1, 0.15) is 32.1 Å². The van der Waals surface area contributed by atoms with Crippen LogP contribution in [0.15, 0.2) is 0 Å². The third kappa shape index (κ3) is 1.85. The first-order valence-electron chi connectivity index (χ1n) is 5.45. The highest BCUT2D eigenvalue weighted by molar-refractivity contribution is 5.74. The van der Waals surface area contributed by atoms with Gasteiger partial charge in [0.25, 0.3) is 0 Å². The van der Waals surface area contributed by atoms with Crippen LogP contribution in [0.3, 0.4) is 0 Å². The molecule has 0 aromatic heterocycles. The number of hydrogen-bond acceptors (Lipinski definition) is 2. The number of ether oxygens (including phenoxy) is 1. The van der Waals surface area contributed by atoms with Crippen molar-refractivity contribution in [1.29, 1.82) is 5.41 Å². The Morgan fingerprint density at radius 3 is 2.43 bits per heavy atom. The molecule has 0 saturated carbocycles. The van der Waals surface area contributed by atoms with E-state index in [0.717, 1.165) is 32.5 Å². The largest absolute Gasteiger partial charge is 0.375 e. The predicted octanol–water partition coefficient (Wildman–Crippen LogP) is 0.915. The Hall–Kier alpha value is -0.770. The molecule has 2 saturated heterocycles. The first kappa shape index (κ1) is 9.77. The molecule has 0 bridgehead atoms. The van der Waals surface area contributed by atoms with Crippen LogP contribution in [0.2, 0.25) is 0 Å². The summed E-state index contributed by atoms with van der Waals surface area (Å²) in [5.74, 6) is 0.204. The summed E-state index contributed by atoms with van der Waals surface area (Å²) in [6.07, 6.45) is 5.76. The third-order valence-electron chi connectivity index (χ3n) is 3.45. The summed E-state index contributed by atoms with van der Waals surface area (Å²) < 4.78 is 5.90. The van der Waals surface area contributed by atoms with Crippen molar-refractivity contribution in [2.75, 3.05) is 19.7 Å². The lowest BCUT2D eigenvalue weighted by molar-refractivity contribution is -0.104. The number of nitrogens with two attached hydrogens (primary N) is 1. The quantitative estimate of drug-likeness (QED) is 0.448. The molecule has 4 heteroatoms. The van der Waals surface area contributed by atoms with Gasteiger partial charge in [0.2, 0.25) is 0 Å². The van der Waals surface area contributed by atoms with Crippen LogP contribution in [-0.4, -0.2) is 36.2 Å². The zero-order chi connectivity index (χ0) is 10.0. The van der Waals surface area contributed by atoms with E-state index in [1.54, 1.807) is 0 Å². The zero-order valence-corrected chi connectivity index (χ0v) is 8.59. The maximum absolute atomic E-state index is 7.35. The van der Waals surface area contributed by atoms with Gasteiger partial charge in [0.15, 0.2) is 5.96 Å². The molecule has 0 atom stereocenters. The monoisotopic (exact) mass is 197 g/mol. The van der Waals surface area contributed by atoms with E-state index in [2.05, 4.69) is 0 Å². The van der Waals surface area contributed by atoms with E-state index in [-0.39, 0.29) is 11.6 Å². The summed E-state index contributed by atoms with van der Waals surface area (Å²) in [6, 6.07) is 0. The van der Waals surface area contributed by atoms with Gasteiger partial charge in [-0.25, -0.2) is 0 Å². The molecule has 2 fully saturated rings. The van der Waals surface area contributed by atoms with Gasteiger partial charge < -0.3 is 15.4 Å². The Morgan fingerprint density at radius 1 is 1.21 bits per heavy atom. The minimum absolute atomic E-state index is 0.129.